The van der Waals surface area contributed by atoms with Crippen molar-refractivity contribution in [3.05, 3.63) is 29.3 Å². The monoisotopic (exact) mass is 232 g/mol. The molecule has 2 N–H and O–H groups in total. The number of nitrogens with zero attached hydrogens (tertiary/aromatic N) is 1. The topological polar surface area (TPSA) is 46.3 Å². The van der Waals surface area contributed by atoms with E-state index in [9.17, 15) is 4.79 Å². The molecule has 1 atom stereocenters. The number of carbonyl (C=O) groups excluding carboxylic acids is 1. The second kappa shape index (κ2) is 4.88. The highest BCUT2D eigenvalue weighted by Gasteiger charge is 2.26. The molecule has 3 nitrogen and oxygen atoms in total. The first-order valence-electron chi connectivity index (χ1n) is 6.36. The minimum atomic E-state index is 0.0936. The Morgan fingerprint density at radius 3 is 2.82 bits per heavy atom. The van der Waals surface area contributed by atoms with Crippen LogP contribution in [-0.2, 0) is 11.2 Å². The van der Waals surface area contributed by atoms with E-state index in [2.05, 4.69) is 19.1 Å². The van der Waals surface area contributed by atoms with Crippen molar-refractivity contribution in [2.75, 3.05) is 11.4 Å². The smallest absolute Gasteiger partial charge is 0.231 e. The summed E-state index contributed by atoms with van der Waals surface area (Å²) >= 11 is 0. The second-order valence-corrected chi connectivity index (χ2v) is 4.60. The molecule has 1 aliphatic rings. The number of rotatable bonds is 4. The fourth-order valence-corrected chi connectivity index (χ4v) is 2.46. The molecular weight excluding hydrogens is 212 g/mol. The Morgan fingerprint density at radius 2 is 2.18 bits per heavy atom. The van der Waals surface area contributed by atoms with E-state index < -0.39 is 0 Å². The third-order valence-corrected chi connectivity index (χ3v) is 3.38. The molecule has 1 unspecified atom stereocenters. The zero-order chi connectivity index (χ0) is 12.4. The number of hydrogen-bond acceptors (Lipinski definition) is 2. The Kier molecular flexibility index (Phi) is 3.48. The summed E-state index contributed by atoms with van der Waals surface area (Å²) in [5.74, 6) is 0.198. The van der Waals surface area contributed by atoms with E-state index in [0.29, 0.717) is 6.42 Å². The first kappa shape index (κ1) is 12.1. The fraction of sp³-hybridized carbons (Fsp3) is 0.500. The van der Waals surface area contributed by atoms with Crippen LogP contribution in [0.25, 0.3) is 0 Å². The van der Waals surface area contributed by atoms with Crippen molar-refractivity contribution in [3.8, 4) is 0 Å². The molecule has 2 rings (SSSR count). The van der Waals surface area contributed by atoms with Gasteiger partial charge in [-0.1, -0.05) is 25.5 Å². The van der Waals surface area contributed by atoms with E-state index in [1.54, 1.807) is 0 Å². The van der Waals surface area contributed by atoms with Gasteiger partial charge in [0, 0.05) is 18.3 Å². The number of nitrogens with two attached hydrogens (primary N) is 1. The summed E-state index contributed by atoms with van der Waals surface area (Å²) < 4.78 is 0. The van der Waals surface area contributed by atoms with Crippen LogP contribution in [0.5, 0.6) is 0 Å². The van der Waals surface area contributed by atoms with Crippen LogP contribution < -0.4 is 10.6 Å². The van der Waals surface area contributed by atoms with Crippen LogP contribution in [0.1, 0.15) is 43.9 Å². The lowest BCUT2D eigenvalue weighted by Crippen LogP contribution is -2.25. The van der Waals surface area contributed by atoms with Crippen LogP contribution in [0.2, 0.25) is 0 Å². The van der Waals surface area contributed by atoms with Gasteiger partial charge < -0.3 is 10.6 Å². The van der Waals surface area contributed by atoms with Gasteiger partial charge in [0.1, 0.15) is 0 Å². The zero-order valence-electron chi connectivity index (χ0n) is 10.6. The standard InChI is InChI=1S/C14H20N2O/c1-3-5-12(15)10-6-7-13-11(8-10)9-14(17)16(13)4-2/h6-8,12H,3-5,9,15H2,1-2H3. The van der Waals surface area contributed by atoms with Gasteiger partial charge in [-0.15, -0.1) is 0 Å². The lowest BCUT2D eigenvalue weighted by atomic mass is 10.00. The molecule has 0 bridgehead atoms. The first-order chi connectivity index (χ1) is 8.17. The number of fused-ring (bicyclic) bond motifs is 1. The van der Waals surface area contributed by atoms with Crippen LogP contribution >= 0.6 is 0 Å². The summed E-state index contributed by atoms with van der Waals surface area (Å²) in [4.78, 5) is 13.6. The zero-order valence-corrected chi connectivity index (χ0v) is 10.6. The summed E-state index contributed by atoms with van der Waals surface area (Å²) in [5.41, 5.74) is 9.44. The van der Waals surface area contributed by atoms with Gasteiger partial charge in [-0.05, 0) is 30.5 Å². The van der Waals surface area contributed by atoms with Crippen LogP contribution in [0.15, 0.2) is 18.2 Å². The summed E-state index contributed by atoms with van der Waals surface area (Å²) in [6.07, 6.45) is 2.60. The van der Waals surface area contributed by atoms with Crippen molar-refractivity contribution in [1.29, 1.82) is 0 Å². The molecule has 1 aromatic rings. The van der Waals surface area contributed by atoms with Crippen molar-refractivity contribution in [2.24, 2.45) is 5.73 Å². The summed E-state index contributed by atoms with van der Waals surface area (Å²) in [7, 11) is 0. The molecule has 0 radical (unpaired) electrons. The molecule has 1 amide bonds. The SMILES string of the molecule is CCCC(N)c1ccc2c(c1)CC(=O)N2CC. The van der Waals surface area contributed by atoms with Gasteiger partial charge in [0.25, 0.3) is 0 Å². The fourth-order valence-electron chi connectivity index (χ4n) is 2.46. The van der Waals surface area contributed by atoms with E-state index in [-0.39, 0.29) is 11.9 Å². The van der Waals surface area contributed by atoms with Crippen molar-refractivity contribution in [1.82, 2.24) is 0 Å². The molecule has 17 heavy (non-hydrogen) atoms. The Hall–Kier alpha value is -1.35. The molecule has 0 aromatic heterocycles. The largest absolute Gasteiger partial charge is 0.324 e. The molecule has 0 fully saturated rings. The highest BCUT2D eigenvalue weighted by molar-refractivity contribution is 6.01. The van der Waals surface area contributed by atoms with Gasteiger partial charge >= 0.3 is 0 Å². The van der Waals surface area contributed by atoms with Crippen molar-refractivity contribution < 1.29 is 4.79 Å². The maximum absolute atomic E-state index is 11.8. The molecule has 0 aliphatic carbocycles. The number of hydrogen-bond donors (Lipinski definition) is 1. The van der Waals surface area contributed by atoms with E-state index >= 15 is 0 Å². The maximum Gasteiger partial charge on any atom is 0.231 e. The predicted molar refractivity (Wildman–Crippen MR) is 70.0 cm³/mol. The molecule has 92 valence electrons. The van der Waals surface area contributed by atoms with E-state index in [4.69, 9.17) is 5.73 Å². The van der Waals surface area contributed by atoms with Crippen LogP contribution in [0.4, 0.5) is 5.69 Å². The Labute approximate surface area is 103 Å². The number of benzene rings is 1. The minimum absolute atomic E-state index is 0.0936. The van der Waals surface area contributed by atoms with Crippen molar-refractivity contribution >= 4 is 11.6 Å². The normalized spacial score (nSPS) is 16.2. The van der Waals surface area contributed by atoms with Gasteiger partial charge in [-0.3, -0.25) is 4.79 Å². The predicted octanol–water partition coefficient (Wildman–Crippen LogP) is 2.40. The number of anilines is 1. The molecular formula is C14H20N2O. The third-order valence-electron chi connectivity index (χ3n) is 3.38. The van der Waals surface area contributed by atoms with Gasteiger partial charge in [0.2, 0.25) is 5.91 Å². The molecule has 1 heterocycles. The maximum atomic E-state index is 11.8. The summed E-state index contributed by atoms with van der Waals surface area (Å²) in [6, 6.07) is 6.29. The molecule has 0 saturated carbocycles. The Balaban J connectivity index is 2.28. The molecule has 3 heteroatoms. The number of likely N-dealkylation sites (N-methyl/N-ethyl adjacent to an activating group) is 1. The average Bonchev–Trinajstić information content (AvgIpc) is 2.63. The highest BCUT2D eigenvalue weighted by Crippen LogP contribution is 2.31. The van der Waals surface area contributed by atoms with Gasteiger partial charge in [-0.25, -0.2) is 0 Å². The Morgan fingerprint density at radius 1 is 1.41 bits per heavy atom. The average molecular weight is 232 g/mol. The van der Waals surface area contributed by atoms with Gasteiger partial charge in [-0.2, -0.15) is 0 Å². The van der Waals surface area contributed by atoms with E-state index in [0.717, 1.165) is 36.2 Å². The molecule has 1 aromatic carbocycles. The van der Waals surface area contributed by atoms with Crippen molar-refractivity contribution in [2.45, 2.75) is 39.2 Å². The van der Waals surface area contributed by atoms with Crippen LogP contribution in [-0.4, -0.2) is 12.5 Å². The van der Waals surface area contributed by atoms with Gasteiger partial charge in [0.05, 0.1) is 6.42 Å². The van der Waals surface area contributed by atoms with Crippen LogP contribution in [0, 0.1) is 0 Å². The Bertz CT molecular complexity index is 428. The van der Waals surface area contributed by atoms with Gasteiger partial charge in [0.15, 0.2) is 0 Å². The molecule has 0 spiro atoms. The lowest BCUT2D eigenvalue weighted by Gasteiger charge is -2.16. The number of carbonyl (C=O) groups is 1. The summed E-state index contributed by atoms with van der Waals surface area (Å²) in [5, 5.41) is 0. The van der Waals surface area contributed by atoms with E-state index in [1.807, 2.05) is 17.9 Å². The van der Waals surface area contributed by atoms with E-state index in [1.165, 1.54) is 0 Å². The minimum Gasteiger partial charge on any atom is -0.324 e. The molecule has 1 aliphatic heterocycles. The number of amides is 1. The summed E-state index contributed by atoms with van der Waals surface area (Å²) in [6.45, 7) is 4.88. The van der Waals surface area contributed by atoms with Crippen LogP contribution in [0.3, 0.4) is 0 Å². The quantitative estimate of drug-likeness (QED) is 0.866. The van der Waals surface area contributed by atoms with Crippen molar-refractivity contribution in [3.63, 3.8) is 0 Å². The molecule has 0 saturated heterocycles. The third kappa shape index (κ3) is 2.20. The second-order valence-electron chi connectivity index (χ2n) is 4.60. The first-order valence-corrected chi connectivity index (χ1v) is 6.36. The lowest BCUT2D eigenvalue weighted by molar-refractivity contribution is -0.117. The highest BCUT2D eigenvalue weighted by atomic mass is 16.2.